The number of nitrogens with one attached hydrogen (secondary N) is 2. The van der Waals surface area contributed by atoms with E-state index in [1.165, 1.54) is 32.2 Å². The number of hydrogen-bond donors (Lipinski definition) is 2. The molecule has 13 heteroatoms. The highest BCUT2D eigenvalue weighted by atomic mass is 35.5. The first kappa shape index (κ1) is 28.5. The Hall–Kier alpha value is -3.09. The third-order valence-corrected chi connectivity index (χ3v) is 7.14. The van der Waals surface area contributed by atoms with Gasteiger partial charge in [-0.15, -0.1) is 0 Å². The van der Waals surface area contributed by atoms with E-state index in [9.17, 15) is 35.2 Å². The first-order valence-corrected chi connectivity index (χ1v) is 12.7. The van der Waals surface area contributed by atoms with E-state index in [0.717, 1.165) is 30.3 Å². The number of hydrogen-bond acceptors (Lipinski definition) is 4. The molecule has 1 atom stereocenters. The lowest BCUT2D eigenvalue weighted by Crippen LogP contribution is -2.28. The molecule has 3 rings (SSSR count). The molecule has 0 aliphatic heterocycles. The SMILES string of the molecule is CNS(=O)(=O)Cc1ccc([C@H](C)C(=O)NCc2ccc(C(F)(F)F)nc2-c2ccc(F)c(Cl)c2)cc1F. The van der Waals surface area contributed by atoms with E-state index in [1.807, 2.05) is 0 Å². The number of nitrogens with zero attached hydrogens (tertiary/aromatic N) is 1. The van der Waals surface area contributed by atoms with Crippen molar-refractivity contribution in [3.8, 4) is 11.3 Å². The molecule has 2 aromatic carbocycles. The third-order valence-electron chi connectivity index (χ3n) is 5.54. The normalized spacial score (nSPS) is 12.9. The lowest BCUT2D eigenvalue weighted by molar-refractivity contribution is -0.141. The third kappa shape index (κ3) is 7.02. The first-order valence-electron chi connectivity index (χ1n) is 10.7. The Morgan fingerprint density at radius 2 is 1.70 bits per heavy atom. The Balaban J connectivity index is 1.83. The fourth-order valence-electron chi connectivity index (χ4n) is 3.40. The molecule has 2 N–H and O–H groups in total. The smallest absolute Gasteiger partial charge is 0.351 e. The lowest BCUT2D eigenvalue weighted by Gasteiger charge is -2.16. The van der Waals surface area contributed by atoms with Gasteiger partial charge in [-0.2, -0.15) is 13.2 Å². The van der Waals surface area contributed by atoms with Crippen molar-refractivity contribution in [1.82, 2.24) is 15.0 Å². The number of pyridine rings is 1. The van der Waals surface area contributed by atoms with Crippen LogP contribution >= 0.6 is 11.6 Å². The van der Waals surface area contributed by atoms with Gasteiger partial charge in [-0.1, -0.05) is 29.8 Å². The second-order valence-corrected chi connectivity index (χ2v) is 10.4. The summed E-state index contributed by atoms with van der Waals surface area (Å²) in [7, 11) is -2.50. The van der Waals surface area contributed by atoms with Crippen molar-refractivity contribution in [1.29, 1.82) is 0 Å². The maximum absolute atomic E-state index is 14.5. The van der Waals surface area contributed by atoms with Gasteiger partial charge in [-0.05, 0) is 55.4 Å². The van der Waals surface area contributed by atoms with Crippen molar-refractivity contribution in [2.24, 2.45) is 0 Å². The van der Waals surface area contributed by atoms with Gasteiger partial charge in [0.25, 0.3) is 0 Å². The Bertz CT molecular complexity index is 1430. The van der Waals surface area contributed by atoms with E-state index in [2.05, 4.69) is 15.0 Å². The second-order valence-electron chi connectivity index (χ2n) is 8.08. The van der Waals surface area contributed by atoms with E-state index in [-0.39, 0.29) is 39.5 Å². The molecule has 6 nitrogen and oxygen atoms in total. The average molecular weight is 562 g/mol. The molecule has 0 aliphatic carbocycles. The summed E-state index contributed by atoms with van der Waals surface area (Å²) in [6, 6.07) is 8.97. The summed E-state index contributed by atoms with van der Waals surface area (Å²) in [6.45, 7) is 1.25. The Kier molecular flexibility index (Phi) is 8.56. The minimum Gasteiger partial charge on any atom is -0.351 e. The summed E-state index contributed by atoms with van der Waals surface area (Å²) in [6.07, 6.45) is -4.74. The van der Waals surface area contributed by atoms with Gasteiger partial charge in [0.05, 0.1) is 22.4 Å². The van der Waals surface area contributed by atoms with Crippen molar-refractivity contribution < 1.29 is 35.2 Å². The first-order chi connectivity index (χ1) is 17.2. The van der Waals surface area contributed by atoms with Crippen LogP contribution in [0.15, 0.2) is 48.5 Å². The van der Waals surface area contributed by atoms with Crippen LogP contribution in [-0.2, 0) is 33.3 Å². The van der Waals surface area contributed by atoms with Crippen LogP contribution in [0.25, 0.3) is 11.3 Å². The number of halogens is 6. The van der Waals surface area contributed by atoms with Crippen LogP contribution in [0.3, 0.4) is 0 Å². The Morgan fingerprint density at radius 1 is 1.03 bits per heavy atom. The molecule has 0 aliphatic rings. The molecule has 0 unspecified atom stereocenters. The topological polar surface area (TPSA) is 88.2 Å². The number of amides is 1. The van der Waals surface area contributed by atoms with E-state index in [1.54, 1.807) is 0 Å². The number of carbonyl (C=O) groups is 1. The highest BCUT2D eigenvalue weighted by molar-refractivity contribution is 7.88. The van der Waals surface area contributed by atoms with Gasteiger partial charge in [-0.25, -0.2) is 26.9 Å². The number of sulfonamides is 1. The zero-order chi connectivity index (χ0) is 27.5. The molecule has 0 radical (unpaired) electrons. The minimum atomic E-state index is -4.74. The number of benzene rings is 2. The van der Waals surface area contributed by atoms with Crippen LogP contribution in [0.5, 0.6) is 0 Å². The van der Waals surface area contributed by atoms with E-state index in [4.69, 9.17) is 11.6 Å². The number of carbonyl (C=O) groups excluding carboxylic acids is 1. The van der Waals surface area contributed by atoms with E-state index < -0.39 is 51.1 Å². The highest BCUT2D eigenvalue weighted by Gasteiger charge is 2.33. The predicted molar refractivity (Wildman–Crippen MR) is 128 cm³/mol. The zero-order valence-corrected chi connectivity index (χ0v) is 21.0. The predicted octanol–water partition coefficient (Wildman–Crippen LogP) is 5.17. The number of alkyl halides is 3. The average Bonchev–Trinajstić information content (AvgIpc) is 2.84. The van der Waals surface area contributed by atoms with Gasteiger partial charge in [0, 0.05) is 17.7 Å². The molecular weight excluding hydrogens is 541 g/mol. The molecule has 0 saturated heterocycles. The quantitative estimate of drug-likeness (QED) is 0.372. The standard InChI is InChI=1S/C24H21ClF5N3O3S/c1-13(14-3-4-17(20(27)10-14)12-37(35,36)31-2)23(34)32-11-16-6-8-21(24(28,29)30)33-22(16)15-5-7-19(26)18(25)9-15/h3-10,13,31H,11-12H2,1-2H3,(H,32,34)/t13-/m0/s1. The van der Waals surface area contributed by atoms with Crippen molar-refractivity contribution in [3.63, 3.8) is 0 Å². The fourth-order valence-corrected chi connectivity index (χ4v) is 4.36. The van der Waals surface area contributed by atoms with Gasteiger partial charge in [0.15, 0.2) is 0 Å². The minimum absolute atomic E-state index is 0.0795. The molecule has 0 saturated carbocycles. The highest BCUT2D eigenvalue weighted by Crippen LogP contribution is 2.32. The summed E-state index contributed by atoms with van der Waals surface area (Å²) >= 11 is 5.79. The molecule has 198 valence electrons. The lowest BCUT2D eigenvalue weighted by atomic mass is 9.98. The summed E-state index contributed by atoms with van der Waals surface area (Å²) in [5, 5.41) is 2.27. The summed E-state index contributed by atoms with van der Waals surface area (Å²) in [5.74, 6) is -3.59. The molecule has 1 heterocycles. The van der Waals surface area contributed by atoms with Crippen LogP contribution < -0.4 is 10.0 Å². The van der Waals surface area contributed by atoms with Crippen LogP contribution in [0, 0.1) is 11.6 Å². The maximum Gasteiger partial charge on any atom is 0.433 e. The van der Waals surface area contributed by atoms with Crippen molar-refractivity contribution in [2.45, 2.75) is 31.3 Å². The molecule has 1 amide bonds. The van der Waals surface area contributed by atoms with Crippen LogP contribution in [0.2, 0.25) is 5.02 Å². The van der Waals surface area contributed by atoms with Crippen molar-refractivity contribution >= 4 is 27.5 Å². The van der Waals surface area contributed by atoms with Crippen LogP contribution in [0.1, 0.15) is 35.2 Å². The van der Waals surface area contributed by atoms with Gasteiger partial charge >= 0.3 is 6.18 Å². The van der Waals surface area contributed by atoms with Crippen LogP contribution in [-0.4, -0.2) is 26.4 Å². The zero-order valence-electron chi connectivity index (χ0n) is 19.5. The Morgan fingerprint density at radius 3 is 2.30 bits per heavy atom. The number of aromatic nitrogens is 1. The van der Waals surface area contributed by atoms with Crippen molar-refractivity contribution in [3.05, 3.63) is 87.6 Å². The molecule has 0 spiro atoms. The molecule has 0 bridgehead atoms. The monoisotopic (exact) mass is 561 g/mol. The van der Waals surface area contributed by atoms with Gasteiger partial charge in [0.2, 0.25) is 15.9 Å². The molecule has 37 heavy (non-hydrogen) atoms. The summed E-state index contributed by atoms with van der Waals surface area (Å²) in [4.78, 5) is 16.4. The molecule has 3 aromatic rings. The van der Waals surface area contributed by atoms with E-state index >= 15 is 0 Å². The Labute approximate surface area is 214 Å². The fraction of sp³-hybridized carbons (Fsp3) is 0.250. The van der Waals surface area contributed by atoms with Crippen molar-refractivity contribution in [2.75, 3.05) is 7.05 Å². The largest absolute Gasteiger partial charge is 0.433 e. The van der Waals surface area contributed by atoms with E-state index in [0.29, 0.717) is 0 Å². The van der Waals surface area contributed by atoms with Gasteiger partial charge in [-0.3, -0.25) is 4.79 Å². The molecule has 0 fully saturated rings. The van der Waals surface area contributed by atoms with Gasteiger partial charge in [0.1, 0.15) is 17.3 Å². The van der Waals surface area contributed by atoms with Crippen LogP contribution in [0.4, 0.5) is 22.0 Å². The van der Waals surface area contributed by atoms with Gasteiger partial charge < -0.3 is 5.32 Å². The summed E-state index contributed by atoms with van der Waals surface area (Å²) < 4.78 is 93.2. The molecular formula is C24H21ClF5N3O3S. The maximum atomic E-state index is 14.5. The molecule has 1 aromatic heterocycles. The number of rotatable bonds is 8. The summed E-state index contributed by atoms with van der Waals surface area (Å²) in [5.41, 5.74) is -0.826. The second kappa shape index (κ2) is 11.1.